The highest BCUT2D eigenvalue weighted by Crippen LogP contribution is 2.00. The Morgan fingerprint density at radius 2 is 1.94 bits per heavy atom. The summed E-state index contributed by atoms with van der Waals surface area (Å²) in [4.78, 5) is 13.7. The van der Waals surface area contributed by atoms with E-state index in [0.29, 0.717) is 16.6 Å². The SMILES string of the molecule is CC(C)CN(C)C(=S)NC(=O)c1ccccc1. The highest BCUT2D eigenvalue weighted by Gasteiger charge is 2.11. The average molecular weight is 250 g/mol. The van der Waals surface area contributed by atoms with Crippen molar-refractivity contribution in [2.75, 3.05) is 13.6 Å². The maximum Gasteiger partial charge on any atom is 0.257 e. The van der Waals surface area contributed by atoms with Crippen molar-refractivity contribution < 1.29 is 4.79 Å². The van der Waals surface area contributed by atoms with Crippen LogP contribution in [0, 0.1) is 5.92 Å². The van der Waals surface area contributed by atoms with Crippen molar-refractivity contribution in [2.45, 2.75) is 13.8 Å². The first kappa shape index (κ1) is 13.6. The molecule has 0 aromatic heterocycles. The molecule has 1 N–H and O–H groups in total. The number of nitrogens with zero attached hydrogens (tertiary/aromatic N) is 1. The molecule has 0 aliphatic heterocycles. The summed E-state index contributed by atoms with van der Waals surface area (Å²) in [5.74, 6) is 0.345. The zero-order valence-corrected chi connectivity index (χ0v) is 11.3. The molecule has 0 fully saturated rings. The molecule has 1 rings (SSSR count). The van der Waals surface area contributed by atoms with E-state index >= 15 is 0 Å². The second-order valence-electron chi connectivity index (χ2n) is 4.40. The van der Waals surface area contributed by atoms with Gasteiger partial charge in [-0.15, -0.1) is 0 Å². The van der Waals surface area contributed by atoms with Crippen LogP contribution in [0.1, 0.15) is 24.2 Å². The van der Waals surface area contributed by atoms with Crippen LogP contribution < -0.4 is 5.32 Å². The third kappa shape index (κ3) is 4.53. The normalized spacial score (nSPS) is 10.1. The van der Waals surface area contributed by atoms with Crippen molar-refractivity contribution in [1.82, 2.24) is 10.2 Å². The van der Waals surface area contributed by atoms with Crippen molar-refractivity contribution in [3.8, 4) is 0 Å². The van der Waals surface area contributed by atoms with E-state index in [2.05, 4.69) is 19.2 Å². The van der Waals surface area contributed by atoms with E-state index in [4.69, 9.17) is 12.2 Å². The van der Waals surface area contributed by atoms with E-state index in [1.165, 1.54) is 0 Å². The second-order valence-corrected chi connectivity index (χ2v) is 4.79. The first-order valence-corrected chi connectivity index (χ1v) is 6.03. The molecule has 1 aromatic rings. The summed E-state index contributed by atoms with van der Waals surface area (Å²) in [5, 5.41) is 3.19. The Labute approximate surface area is 108 Å². The van der Waals surface area contributed by atoms with Crippen molar-refractivity contribution in [3.63, 3.8) is 0 Å². The Bertz CT molecular complexity index is 390. The average Bonchev–Trinajstić information content (AvgIpc) is 2.29. The number of carbonyl (C=O) groups excluding carboxylic acids is 1. The van der Waals surface area contributed by atoms with Crippen molar-refractivity contribution in [2.24, 2.45) is 5.92 Å². The lowest BCUT2D eigenvalue weighted by molar-refractivity contribution is 0.0973. The fraction of sp³-hybridized carbons (Fsp3) is 0.385. The molecule has 0 aliphatic carbocycles. The lowest BCUT2D eigenvalue weighted by atomic mass is 10.2. The van der Waals surface area contributed by atoms with Gasteiger partial charge in [-0.05, 0) is 30.3 Å². The van der Waals surface area contributed by atoms with Gasteiger partial charge in [-0.1, -0.05) is 32.0 Å². The molecule has 0 bridgehead atoms. The van der Waals surface area contributed by atoms with Crippen LogP contribution in [0.15, 0.2) is 30.3 Å². The van der Waals surface area contributed by atoms with Gasteiger partial charge in [0.1, 0.15) is 0 Å². The molecule has 0 saturated heterocycles. The maximum absolute atomic E-state index is 11.8. The second kappa shape index (κ2) is 6.35. The van der Waals surface area contributed by atoms with E-state index in [1.54, 1.807) is 12.1 Å². The van der Waals surface area contributed by atoms with Gasteiger partial charge in [0.15, 0.2) is 5.11 Å². The Morgan fingerprint density at radius 3 is 2.47 bits per heavy atom. The number of benzene rings is 1. The van der Waals surface area contributed by atoms with Crippen LogP contribution >= 0.6 is 12.2 Å². The minimum absolute atomic E-state index is 0.161. The molecule has 0 spiro atoms. The van der Waals surface area contributed by atoms with Gasteiger partial charge >= 0.3 is 0 Å². The Balaban J connectivity index is 2.55. The number of nitrogens with one attached hydrogen (secondary N) is 1. The number of hydrogen-bond acceptors (Lipinski definition) is 2. The predicted molar refractivity (Wildman–Crippen MR) is 74.0 cm³/mol. The minimum Gasteiger partial charge on any atom is -0.352 e. The van der Waals surface area contributed by atoms with Crippen LogP contribution in [-0.2, 0) is 0 Å². The predicted octanol–water partition coefficient (Wildman–Crippen LogP) is 2.29. The van der Waals surface area contributed by atoms with Crippen molar-refractivity contribution in [3.05, 3.63) is 35.9 Å². The molecule has 0 aliphatic rings. The zero-order chi connectivity index (χ0) is 12.8. The fourth-order valence-electron chi connectivity index (χ4n) is 1.48. The largest absolute Gasteiger partial charge is 0.352 e. The summed E-state index contributed by atoms with van der Waals surface area (Å²) in [6.07, 6.45) is 0. The third-order valence-corrected chi connectivity index (χ3v) is 2.66. The van der Waals surface area contributed by atoms with E-state index in [-0.39, 0.29) is 5.91 Å². The smallest absolute Gasteiger partial charge is 0.257 e. The van der Waals surface area contributed by atoms with Crippen molar-refractivity contribution in [1.29, 1.82) is 0 Å². The molecule has 1 amide bonds. The molecule has 1 aromatic carbocycles. The molecule has 0 heterocycles. The number of hydrogen-bond donors (Lipinski definition) is 1. The fourth-order valence-corrected chi connectivity index (χ4v) is 1.65. The van der Waals surface area contributed by atoms with Gasteiger partial charge in [0.2, 0.25) is 0 Å². The number of thiocarbonyl (C=S) groups is 1. The van der Waals surface area contributed by atoms with Crippen LogP contribution in [-0.4, -0.2) is 29.5 Å². The summed E-state index contributed by atoms with van der Waals surface area (Å²) < 4.78 is 0. The summed E-state index contributed by atoms with van der Waals surface area (Å²) >= 11 is 5.17. The molecule has 4 heteroatoms. The summed E-state index contributed by atoms with van der Waals surface area (Å²) in [6, 6.07) is 9.06. The van der Waals surface area contributed by atoms with Gasteiger partial charge in [0.05, 0.1) is 0 Å². The van der Waals surface area contributed by atoms with E-state index in [0.717, 1.165) is 6.54 Å². The Hall–Kier alpha value is -1.42. The number of carbonyl (C=O) groups is 1. The molecular formula is C13H18N2OS. The molecule has 0 unspecified atom stereocenters. The molecule has 0 radical (unpaired) electrons. The summed E-state index contributed by atoms with van der Waals surface area (Å²) in [5.41, 5.74) is 0.618. The molecule has 0 atom stereocenters. The summed E-state index contributed by atoms with van der Waals surface area (Å²) in [6.45, 7) is 5.05. The van der Waals surface area contributed by atoms with Gasteiger partial charge < -0.3 is 4.90 Å². The Morgan fingerprint density at radius 1 is 1.35 bits per heavy atom. The number of amides is 1. The monoisotopic (exact) mass is 250 g/mol. The topological polar surface area (TPSA) is 32.3 Å². The highest BCUT2D eigenvalue weighted by molar-refractivity contribution is 7.80. The van der Waals surface area contributed by atoms with Crippen molar-refractivity contribution >= 4 is 23.2 Å². The van der Waals surface area contributed by atoms with Gasteiger partial charge in [-0.25, -0.2) is 0 Å². The minimum atomic E-state index is -0.161. The lowest BCUT2D eigenvalue weighted by Crippen LogP contribution is -2.41. The Kier molecular flexibility index (Phi) is 5.10. The number of rotatable bonds is 3. The molecular weight excluding hydrogens is 232 g/mol. The quantitative estimate of drug-likeness (QED) is 0.835. The molecule has 0 saturated carbocycles. The van der Waals surface area contributed by atoms with E-state index in [9.17, 15) is 4.79 Å². The molecule has 92 valence electrons. The summed E-state index contributed by atoms with van der Waals surface area (Å²) in [7, 11) is 1.88. The molecule has 17 heavy (non-hydrogen) atoms. The van der Waals surface area contributed by atoms with Gasteiger partial charge in [-0.2, -0.15) is 0 Å². The van der Waals surface area contributed by atoms with Crippen LogP contribution in [0.4, 0.5) is 0 Å². The highest BCUT2D eigenvalue weighted by atomic mass is 32.1. The van der Waals surface area contributed by atoms with Crippen LogP contribution in [0.25, 0.3) is 0 Å². The van der Waals surface area contributed by atoms with Crippen LogP contribution in [0.3, 0.4) is 0 Å². The zero-order valence-electron chi connectivity index (χ0n) is 10.4. The van der Waals surface area contributed by atoms with Gasteiger partial charge in [0.25, 0.3) is 5.91 Å². The maximum atomic E-state index is 11.8. The first-order valence-electron chi connectivity index (χ1n) is 5.62. The van der Waals surface area contributed by atoms with Crippen LogP contribution in [0.2, 0.25) is 0 Å². The first-order chi connectivity index (χ1) is 8.00. The third-order valence-electron chi connectivity index (χ3n) is 2.24. The van der Waals surface area contributed by atoms with E-state index < -0.39 is 0 Å². The van der Waals surface area contributed by atoms with Gasteiger partial charge in [-0.3, -0.25) is 10.1 Å². The molecule has 3 nitrogen and oxygen atoms in total. The standard InChI is InChI=1S/C13H18N2OS/c1-10(2)9-15(3)13(17)14-12(16)11-7-5-4-6-8-11/h4-8,10H,9H2,1-3H3,(H,14,16,17). The van der Waals surface area contributed by atoms with Crippen LogP contribution in [0.5, 0.6) is 0 Å². The van der Waals surface area contributed by atoms with Gasteiger partial charge in [0, 0.05) is 19.2 Å². The van der Waals surface area contributed by atoms with E-state index in [1.807, 2.05) is 30.1 Å². The lowest BCUT2D eigenvalue weighted by Gasteiger charge is -2.22.